The third-order valence-corrected chi connectivity index (χ3v) is 6.30. The first-order valence-electron chi connectivity index (χ1n) is 7.73. The van der Waals surface area contributed by atoms with Gasteiger partial charge in [-0.25, -0.2) is 0 Å². The van der Waals surface area contributed by atoms with Crippen molar-refractivity contribution in [3.05, 3.63) is 35.4 Å². The van der Waals surface area contributed by atoms with Gasteiger partial charge in [0.25, 0.3) is 0 Å². The second-order valence-electron chi connectivity index (χ2n) is 7.02. The minimum Gasteiger partial charge on any atom is -0.313 e. The van der Waals surface area contributed by atoms with E-state index in [2.05, 4.69) is 29.6 Å². The summed E-state index contributed by atoms with van der Waals surface area (Å²) in [5.74, 6) is 5.18. The Hall–Kier alpha value is -0.820. The van der Waals surface area contributed by atoms with E-state index in [4.69, 9.17) is 0 Å². The van der Waals surface area contributed by atoms with Crippen LogP contribution >= 0.6 is 0 Å². The van der Waals surface area contributed by atoms with Crippen LogP contribution in [0.1, 0.15) is 36.3 Å². The summed E-state index contributed by atoms with van der Waals surface area (Å²) in [7, 11) is 0. The second-order valence-corrected chi connectivity index (χ2v) is 7.02. The van der Waals surface area contributed by atoms with Crippen molar-refractivity contribution in [3.63, 3.8) is 0 Å². The lowest BCUT2D eigenvalue weighted by Gasteiger charge is -2.30. The smallest absolute Gasteiger partial charge is 0.0136 e. The minimum atomic E-state index is 0.806. The number of benzene rings is 1. The van der Waals surface area contributed by atoms with Gasteiger partial charge in [0.15, 0.2) is 0 Å². The molecule has 0 aromatic heterocycles. The van der Waals surface area contributed by atoms with E-state index in [-0.39, 0.29) is 0 Å². The zero-order chi connectivity index (χ0) is 11.7. The average molecular weight is 239 g/mol. The van der Waals surface area contributed by atoms with Crippen LogP contribution in [0.2, 0.25) is 0 Å². The van der Waals surface area contributed by atoms with Crippen LogP contribution in [0.5, 0.6) is 0 Å². The summed E-state index contributed by atoms with van der Waals surface area (Å²) in [5, 5.41) is 3.90. The van der Waals surface area contributed by atoms with E-state index in [0.29, 0.717) is 0 Å². The summed E-state index contributed by atoms with van der Waals surface area (Å²) < 4.78 is 0. The molecule has 1 N–H and O–H groups in total. The van der Waals surface area contributed by atoms with E-state index in [0.717, 1.165) is 35.6 Å². The normalized spacial score (nSPS) is 46.4. The number of rotatable bonds is 3. The van der Waals surface area contributed by atoms with Crippen molar-refractivity contribution in [2.24, 2.45) is 23.7 Å². The second kappa shape index (κ2) is 3.39. The first-order valence-corrected chi connectivity index (χ1v) is 7.73. The van der Waals surface area contributed by atoms with E-state index in [9.17, 15) is 0 Å². The van der Waals surface area contributed by atoms with E-state index in [1.807, 2.05) is 0 Å². The Morgan fingerprint density at radius 2 is 1.83 bits per heavy atom. The Balaban J connectivity index is 1.22. The number of fused-ring (bicyclic) bond motifs is 6. The Labute approximate surface area is 109 Å². The van der Waals surface area contributed by atoms with Crippen LogP contribution in [0.25, 0.3) is 0 Å². The van der Waals surface area contributed by atoms with E-state index in [1.54, 1.807) is 17.5 Å². The highest BCUT2D eigenvalue weighted by Gasteiger charge is 2.64. The predicted molar refractivity (Wildman–Crippen MR) is 72.5 cm³/mol. The van der Waals surface area contributed by atoms with Gasteiger partial charge in [0, 0.05) is 18.5 Å². The molecule has 0 amide bonds. The molecule has 1 aromatic carbocycles. The maximum Gasteiger partial charge on any atom is 0.0136 e. The summed E-state index contributed by atoms with van der Waals surface area (Å²) >= 11 is 0. The molecule has 2 bridgehead atoms. The quantitative estimate of drug-likeness (QED) is 0.855. The maximum atomic E-state index is 3.90. The molecule has 5 unspecified atom stereocenters. The van der Waals surface area contributed by atoms with Crippen LogP contribution in [-0.2, 0) is 6.42 Å². The van der Waals surface area contributed by atoms with Crippen molar-refractivity contribution in [2.75, 3.05) is 6.54 Å². The summed E-state index contributed by atoms with van der Waals surface area (Å²) in [5.41, 5.74) is 3.19. The molecule has 94 valence electrons. The van der Waals surface area contributed by atoms with Gasteiger partial charge in [-0.15, -0.1) is 0 Å². The highest BCUT2D eigenvalue weighted by molar-refractivity contribution is 5.40. The molecule has 0 saturated heterocycles. The van der Waals surface area contributed by atoms with Gasteiger partial charge in [-0.3, -0.25) is 0 Å². The molecule has 1 nitrogen and oxygen atoms in total. The lowest BCUT2D eigenvalue weighted by molar-refractivity contribution is 0.439. The summed E-state index contributed by atoms with van der Waals surface area (Å²) in [6, 6.07) is 9.88. The highest BCUT2D eigenvalue weighted by Crippen LogP contribution is 2.65. The molecule has 4 aliphatic rings. The van der Waals surface area contributed by atoms with Gasteiger partial charge in [-0.1, -0.05) is 24.3 Å². The average Bonchev–Trinajstić information content (AvgIpc) is 2.78. The fourth-order valence-electron chi connectivity index (χ4n) is 5.42. The Kier molecular flexibility index (Phi) is 1.89. The molecule has 5 rings (SSSR count). The van der Waals surface area contributed by atoms with Crippen LogP contribution in [0, 0.1) is 23.7 Å². The molecule has 1 heteroatoms. The third kappa shape index (κ3) is 1.21. The Morgan fingerprint density at radius 1 is 1.06 bits per heavy atom. The number of nitrogens with one attached hydrogen (secondary N) is 1. The van der Waals surface area contributed by atoms with Crippen LogP contribution in [0.4, 0.5) is 0 Å². The SMILES string of the molecule is c1ccc2c(c1)CC2CNC1C2C3CCC(C3)C12. The van der Waals surface area contributed by atoms with Crippen molar-refractivity contribution < 1.29 is 0 Å². The van der Waals surface area contributed by atoms with E-state index in [1.165, 1.54) is 25.8 Å². The van der Waals surface area contributed by atoms with Crippen LogP contribution < -0.4 is 5.32 Å². The predicted octanol–water partition coefficient (Wildman–Crippen LogP) is 2.96. The number of hydrogen-bond acceptors (Lipinski definition) is 1. The molecule has 18 heavy (non-hydrogen) atoms. The van der Waals surface area contributed by atoms with Gasteiger partial charge < -0.3 is 5.32 Å². The van der Waals surface area contributed by atoms with Gasteiger partial charge in [-0.05, 0) is 60.5 Å². The molecule has 5 atom stereocenters. The van der Waals surface area contributed by atoms with Gasteiger partial charge >= 0.3 is 0 Å². The van der Waals surface area contributed by atoms with E-state index < -0.39 is 0 Å². The highest BCUT2D eigenvalue weighted by atomic mass is 15.0. The lowest BCUT2D eigenvalue weighted by atomic mass is 9.77. The maximum absolute atomic E-state index is 3.90. The minimum absolute atomic E-state index is 0.806. The number of hydrogen-bond donors (Lipinski definition) is 1. The van der Waals surface area contributed by atoms with Crippen molar-refractivity contribution in [2.45, 2.75) is 37.6 Å². The zero-order valence-corrected chi connectivity index (χ0v) is 10.8. The van der Waals surface area contributed by atoms with Crippen molar-refractivity contribution in [1.82, 2.24) is 5.32 Å². The standard InChI is InChI=1S/C17H21N/c1-2-4-14-10(3-1)7-13(14)9-18-17-15-11-5-6-12(8-11)16(15)17/h1-4,11-13,15-18H,5-9H2. The van der Waals surface area contributed by atoms with Crippen molar-refractivity contribution in [1.29, 1.82) is 0 Å². The fourth-order valence-corrected chi connectivity index (χ4v) is 5.42. The van der Waals surface area contributed by atoms with E-state index >= 15 is 0 Å². The van der Waals surface area contributed by atoms with Crippen LogP contribution in [-0.4, -0.2) is 12.6 Å². The monoisotopic (exact) mass is 239 g/mol. The van der Waals surface area contributed by atoms with Crippen molar-refractivity contribution >= 4 is 0 Å². The Morgan fingerprint density at radius 3 is 2.61 bits per heavy atom. The van der Waals surface area contributed by atoms with Gasteiger partial charge in [0.05, 0.1) is 0 Å². The topological polar surface area (TPSA) is 12.0 Å². The summed E-state index contributed by atoms with van der Waals surface area (Å²) in [6.07, 6.45) is 5.95. The summed E-state index contributed by atoms with van der Waals surface area (Å²) in [4.78, 5) is 0. The first-order chi connectivity index (χ1) is 8.92. The molecule has 0 radical (unpaired) electrons. The Bertz CT molecular complexity index is 478. The van der Waals surface area contributed by atoms with Gasteiger partial charge in [0.2, 0.25) is 0 Å². The largest absolute Gasteiger partial charge is 0.313 e. The molecular weight excluding hydrogens is 218 g/mol. The molecular formula is C17H21N. The molecule has 0 heterocycles. The van der Waals surface area contributed by atoms with Crippen LogP contribution in [0.15, 0.2) is 24.3 Å². The molecule has 4 aliphatic carbocycles. The molecule has 0 spiro atoms. The molecule has 0 aliphatic heterocycles. The fraction of sp³-hybridized carbons (Fsp3) is 0.647. The van der Waals surface area contributed by atoms with Gasteiger partial charge in [-0.2, -0.15) is 0 Å². The van der Waals surface area contributed by atoms with Crippen LogP contribution in [0.3, 0.4) is 0 Å². The molecule has 3 fully saturated rings. The zero-order valence-electron chi connectivity index (χ0n) is 10.8. The lowest BCUT2D eigenvalue weighted by Crippen LogP contribution is -2.32. The molecule has 1 aromatic rings. The molecule has 3 saturated carbocycles. The summed E-state index contributed by atoms with van der Waals surface area (Å²) in [6.45, 7) is 1.23. The van der Waals surface area contributed by atoms with Gasteiger partial charge in [0.1, 0.15) is 0 Å². The first kappa shape index (κ1) is 10.0. The third-order valence-electron chi connectivity index (χ3n) is 6.30. The van der Waals surface area contributed by atoms with Crippen molar-refractivity contribution in [3.8, 4) is 0 Å².